The lowest BCUT2D eigenvalue weighted by Gasteiger charge is -2.43. The van der Waals surface area contributed by atoms with Crippen LogP contribution in [0.1, 0.15) is 12.0 Å². The van der Waals surface area contributed by atoms with Crippen LogP contribution in [0.15, 0.2) is 42.6 Å². The Morgan fingerprint density at radius 2 is 1.96 bits per heavy atom. The molecule has 0 spiro atoms. The zero-order valence-corrected chi connectivity index (χ0v) is 25.7. The number of rotatable bonds is 9. The molecule has 1 aromatic carbocycles. The molecule has 5 heterocycles. The Labute approximate surface area is 269 Å². The van der Waals surface area contributed by atoms with Gasteiger partial charge in [-0.2, -0.15) is 10.2 Å². The van der Waals surface area contributed by atoms with E-state index in [0.29, 0.717) is 29.0 Å². The van der Waals surface area contributed by atoms with E-state index < -0.39 is 30.7 Å². The van der Waals surface area contributed by atoms with Gasteiger partial charge in [0.25, 0.3) is 5.91 Å². The highest BCUT2D eigenvalue weighted by molar-refractivity contribution is 5.80. The molecule has 1 amide bonds. The molecule has 3 aliphatic heterocycles. The number of nitrogens with two attached hydrogens (primary N) is 1. The zero-order chi connectivity index (χ0) is 33.1. The number of piperidine rings is 1. The molecule has 4 N–H and O–H groups in total. The van der Waals surface area contributed by atoms with Crippen molar-refractivity contribution in [2.45, 2.75) is 30.7 Å². The third-order valence-corrected chi connectivity index (χ3v) is 8.48. The molecule has 3 fully saturated rings. The third-order valence-electron chi connectivity index (χ3n) is 8.48. The molecule has 14 nitrogen and oxygen atoms in total. The van der Waals surface area contributed by atoms with E-state index in [1.165, 1.54) is 12.1 Å². The van der Waals surface area contributed by atoms with E-state index in [4.69, 9.17) is 19.9 Å². The Kier molecular flexibility index (Phi) is 9.32. The summed E-state index contributed by atoms with van der Waals surface area (Å²) in [6.07, 6.45) is -2.13. The number of nitriles is 1. The minimum Gasteiger partial charge on any atom is -0.483 e. The first kappa shape index (κ1) is 32.3. The standard InChI is InChI=1S/C31H35F2N9O5/c1-45-28-23(41-12-10-40(11-13-41)21-16-46-17-21)3-5-26(38-28)39-30-36-8-6-22(37-30)19-2-4-24(20(14-19)15-34)47-25-7-9-42(18-31(25,32)33)29(44)27(35)43/h2-6,8,14,21,25,27,43H,7,9-13,16-18,35H2,1H3,(H,36,37,38,39)/t25-,27+/m0/s1. The first-order valence-electron chi connectivity index (χ1n) is 15.2. The highest BCUT2D eigenvalue weighted by Crippen LogP contribution is 2.34. The minimum absolute atomic E-state index is 0.0261. The number of hydrogen-bond acceptors (Lipinski definition) is 13. The van der Waals surface area contributed by atoms with Gasteiger partial charge in [-0.1, -0.05) is 0 Å². The van der Waals surface area contributed by atoms with Crippen LogP contribution in [0.2, 0.25) is 0 Å². The number of aliphatic hydroxyl groups excluding tert-OH is 1. The van der Waals surface area contributed by atoms with Crippen molar-refractivity contribution in [1.29, 1.82) is 5.26 Å². The molecule has 16 heteroatoms. The first-order chi connectivity index (χ1) is 22.6. The van der Waals surface area contributed by atoms with Crippen molar-refractivity contribution in [2.24, 2.45) is 5.73 Å². The van der Waals surface area contributed by atoms with Crippen molar-refractivity contribution < 1.29 is 32.9 Å². The van der Waals surface area contributed by atoms with Gasteiger partial charge in [-0.05, 0) is 36.4 Å². The molecule has 3 saturated heterocycles. The van der Waals surface area contributed by atoms with Crippen LogP contribution in [0.25, 0.3) is 11.3 Å². The predicted octanol–water partition coefficient (Wildman–Crippen LogP) is 1.58. The number of ether oxygens (including phenoxy) is 3. The van der Waals surface area contributed by atoms with Crippen LogP contribution in [0.3, 0.4) is 0 Å². The van der Waals surface area contributed by atoms with Crippen molar-refractivity contribution in [3.63, 3.8) is 0 Å². The van der Waals surface area contributed by atoms with Gasteiger partial charge in [0.2, 0.25) is 11.8 Å². The number of aliphatic hydroxyl groups is 1. The normalized spacial score (nSPS) is 20.6. The van der Waals surface area contributed by atoms with Gasteiger partial charge in [0.05, 0.1) is 44.2 Å². The number of halogens is 2. The van der Waals surface area contributed by atoms with E-state index in [-0.39, 0.29) is 30.2 Å². The minimum atomic E-state index is -3.43. The van der Waals surface area contributed by atoms with Gasteiger partial charge in [-0.15, -0.1) is 0 Å². The zero-order valence-electron chi connectivity index (χ0n) is 25.7. The average molecular weight is 652 g/mol. The van der Waals surface area contributed by atoms with Crippen molar-refractivity contribution in [3.8, 4) is 29.0 Å². The summed E-state index contributed by atoms with van der Waals surface area (Å²) in [7, 11) is 1.58. The number of piperazine rings is 1. The summed E-state index contributed by atoms with van der Waals surface area (Å²) in [4.78, 5) is 30.9. The lowest BCUT2D eigenvalue weighted by atomic mass is 10.0. The predicted molar refractivity (Wildman–Crippen MR) is 165 cm³/mol. The van der Waals surface area contributed by atoms with Crippen molar-refractivity contribution in [1.82, 2.24) is 24.8 Å². The van der Waals surface area contributed by atoms with Gasteiger partial charge in [0.1, 0.15) is 23.3 Å². The Bertz CT molecular complexity index is 1640. The summed E-state index contributed by atoms with van der Waals surface area (Å²) in [5.41, 5.74) is 7.09. The van der Waals surface area contributed by atoms with E-state index in [0.717, 1.165) is 50.0 Å². The Morgan fingerprint density at radius 3 is 2.62 bits per heavy atom. The number of anilines is 3. The topological polar surface area (TPSA) is 175 Å². The fourth-order valence-electron chi connectivity index (χ4n) is 5.82. The maximum atomic E-state index is 14.9. The monoisotopic (exact) mass is 651 g/mol. The van der Waals surface area contributed by atoms with Gasteiger partial charge in [0, 0.05) is 50.9 Å². The number of methoxy groups -OCH3 is 1. The number of carbonyl (C=O) groups is 1. The van der Waals surface area contributed by atoms with Gasteiger partial charge >= 0.3 is 5.92 Å². The lowest BCUT2D eigenvalue weighted by molar-refractivity contribution is -0.165. The second kappa shape index (κ2) is 13.6. The van der Waals surface area contributed by atoms with Crippen LogP contribution in [0.5, 0.6) is 11.6 Å². The van der Waals surface area contributed by atoms with Crippen molar-refractivity contribution in [2.75, 3.05) is 69.8 Å². The van der Waals surface area contributed by atoms with E-state index in [1.54, 1.807) is 25.4 Å². The molecule has 248 valence electrons. The number of nitrogens with zero attached hydrogens (tertiary/aromatic N) is 7. The van der Waals surface area contributed by atoms with Crippen LogP contribution >= 0.6 is 0 Å². The quantitative estimate of drug-likeness (QED) is 0.285. The van der Waals surface area contributed by atoms with Crippen LogP contribution in [-0.4, -0.2) is 120 Å². The molecular weight excluding hydrogens is 616 g/mol. The summed E-state index contributed by atoms with van der Waals surface area (Å²) < 4.78 is 46.3. The highest BCUT2D eigenvalue weighted by atomic mass is 19.3. The molecule has 2 atom stereocenters. The maximum absolute atomic E-state index is 14.9. The summed E-state index contributed by atoms with van der Waals surface area (Å²) >= 11 is 0. The third kappa shape index (κ3) is 7.03. The smallest absolute Gasteiger partial charge is 0.301 e. The summed E-state index contributed by atoms with van der Waals surface area (Å²) in [5.74, 6) is -3.24. The van der Waals surface area contributed by atoms with E-state index in [9.17, 15) is 23.9 Å². The lowest BCUT2D eigenvalue weighted by Crippen LogP contribution is -2.58. The molecule has 2 aromatic heterocycles. The number of nitrogens with one attached hydrogen (secondary N) is 1. The molecule has 0 unspecified atom stereocenters. The van der Waals surface area contributed by atoms with Gasteiger partial charge in [-0.25, -0.2) is 18.7 Å². The van der Waals surface area contributed by atoms with Crippen molar-refractivity contribution in [3.05, 3.63) is 48.2 Å². The number of likely N-dealkylation sites (tertiary alicyclic amines) is 1. The number of amides is 1. The summed E-state index contributed by atoms with van der Waals surface area (Å²) in [6.45, 7) is 4.13. The first-order valence-corrected chi connectivity index (χ1v) is 15.2. The van der Waals surface area contributed by atoms with E-state index in [1.807, 2.05) is 18.2 Å². The summed E-state index contributed by atoms with van der Waals surface area (Å²) in [6, 6.07) is 12.5. The number of alkyl halides is 2. The average Bonchev–Trinajstić information content (AvgIpc) is 3.05. The van der Waals surface area contributed by atoms with E-state index >= 15 is 0 Å². The molecule has 3 aliphatic rings. The fourth-order valence-corrected chi connectivity index (χ4v) is 5.82. The number of aromatic nitrogens is 3. The van der Waals surface area contributed by atoms with Crippen LogP contribution in [0, 0.1) is 11.3 Å². The molecule has 0 aliphatic carbocycles. The number of carbonyl (C=O) groups excluding carboxylic acids is 1. The molecule has 0 saturated carbocycles. The molecule has 0 bridgehead atoms. The van der Waals surface area contributed by atoms with Gasteiger partial charge in [0.15, 0.2) is 12.3 Å². The Hall–Kier alpha value is -4.69. The molecule has 47 heavy (non-hydrogen) atoms. The second-order valence-corrected chi connectivity index (χ2v) is 11.5. The van der Waals surface area contributed by atoms with Crippen LogP contribution in [0.4, 0.5) is 26.2 Å². The SMILES string of the molecule is COc1nc(Nc2nccc(-c3ccc(O[C@H]4CCN(C(=O)[C@H](N)O)CC4(F)F)c(C#N)c3)n2)ccc1N1CCN(C2COC2)CC1. The number of pyridine rings is 1. The number of benzene rings is 1. The largest absolute Gasteiger partial charge is 0.483 e. The fraction of sp³-hybridized carbons (Fsp3) is 0.452. The summed E-state index contributed by atoms with van der Waals surface area (Å²) in [5, 5.41) is 22.2. The van der Waals surface area contributed by atoms with Gasteiger partial charge in [-0.3, -0.25) is 15.4 Å². The maximum Gasteiger partial charge on any atom is 0.301 e. The van der Waals surface area contributed by atoms with Crippen LogP contribution in [-0.2, 0) is 9.53 Å². The highest BCUT2D eigenvalue weighted by Gasteiger charge is 2.48. The number of hydrogen-bond donors (Lipinski definition) is 3. The Morgan fingerprint density at radius 1 is 1.17 bits per heavy atom. The molecular formula is C31H35F2N9O5. The van der Waals surface area contributed by atoms with Gasteiger partial charge < -0.3 is 34.4 Å². The molecule has 0 radical (unpaired) electrons. The Balaban J connectivity index is 1.12. The second-order valence-electron chi connectivity index (χ2n) is 11.5. The van der Waals surface area contributed by atoms with Crippen LogP contribution < -0.4 is 25.4 Å². The van der Waals surface area contributed by atoms with Crippen molar-refractivity contribution >= 4 is 23.4 Å². The molecule has 3 aromatic rings. The van der Waals surface area contributed by atoms with E-state index in [2.05, 4.69) is 30.1 Å². The molecule has 6 rings (SSSR count).